The van der Waals surface area contributed by atoms with Gasteiger partial charge in [-0.15, -0.1) is 0 Å². The molecule has 1 aromatic rings. The van der Waals surface area contributed by atoms with Crippen molar-refractivity contribution in [3.05, 3.63) is 42.0 Å². The normalized spacial score (nSPS) is 9.77. The molecule has 0 aromatic heterocycles. The van der Waals surface area contributed by atoms with Gasteiger partial charge in [-0.25, -0.2) is 8.78 Å². The Balaban J connectivity index is 2.72. The summed E-state index contributed by atoms with van der Waals surface area (Å²) in [4.78, 5) is 0. The van der Waals surface area contributed by atoms with E-state index in [1.165, 1.54) is 12.1 Å². The lowest BCUT2D eigenvalue weighted by Crippen LogP contribution is -2.03. The maximum atomic E-state index is 13.0. The molecule has 1 aromatic carbocycles. The van der Waals surface area contributed by atoms with Crippen molar-refractivity contribution in [3.8, 4) is 0 Å². The monoisotopic (exact) mass is 183 g/mol. The van der Waals surface area contributed by atoms with Gasteiger partial charge in [0.1, 0.15) is 11.6 Å². The molecule has 0 atom stereocenters. The van der Waals surface area contributed by atoms with Gasteiger partial charge in [0, 0.05) is 12.6 Å². The summed E-state index contributed by atoms with van der Waals surface area (Å²) in [7, 11) is 0. The van der Waals surface area contributed by atoms with E-state index < -0.39 is 11.6 Å². The molecule has 0 spiro atoms. The molecule has 0 unspecified atom stereocenters. The molecule has 13 heavy (non-hydrogen) atoms. The molecule has 0 saturated heterocycles. The fourth-order valence-corrected chi connectivity index (χ4v) is 0.879. The topological polar surface area (TPSA) is 12.0 Å². The molecule has 1 N–H and O–H groups in total. The molecular formula is C10H11F2N. The third-order valence-corrected chi connectivity index (χ3v) is 1.51. The summed E-state index contributed by atoms with van der Waals surface area (Å²) in [6.07, 6.45) is 0. The van der Waals surface area contributed by atoms with Gasteiger partial charge in [-0.2, -0.15) is 0 Å². The van der Waals surface area contributed by atoms with E-state index in [2.05, 4.69) is 11.9 Å². The highest BCUT2D eigenvalue weighted by atomic mass is 19.1. The van der Waals surface area contributed by atoms with Gasteiger partial charge in [0.05, 0.1) is 5.69 Å². The van der Waals surface area contributed by atoms with Crippen LogP contribution in [0.2, 0.25) is 0 Å². The van der Waals surface area contributed by atoms with Crippen molar-refractivity contribution in [1.29, 1.82) is 0 Å². The fraction of sp³-hybridized carbons (Fsp3) is 0.200. The van der Waals surface area contributed by atoms with Gasteiger partial charge >= 0.3 is 0 Å². The van der Waals surface area contributed by atoms with E-state index in [1.807, 2.05) is 6.92 Å². The maximum absolute atomic E-state index is 13.0. The second kappa shape index (κ2) is 4.03. The molecule has 0 bridgehead atoms. The van der Waals surface area contributed by atoms with Crippen LogP contribution in [0.3, 0.4) is 0 Å². The van der Waals surface area contributed by atoms with Crippen LogP contribution in [0.15, 0.2) is 30.4 Å². The van der Waals surface area contributed by atoms with E-state index in [0.717, 1.165) is 11.6 Å². The summed E-state index contributed by atoms with van der Waals surface area (Å²) in [5.74, 6) is -1.15. The van der Waals surface area contributed by atoms with Gasteiger partial charge in [-0.05, 0) is 19.1 Å². The summed E-state index contributed by atoms with van der Waals surface area (Å²) < 4.78 is 25.4. The Morgan fingerprint density at radius 2 is 2.15 bits per heavy atom. The Bertz CT molecular complexity index is 321. The highest BCUT2D eigenvalue weighted by Gasteiger charge is 2.01. The predicted octanol–water partition coefficient (Wildman–Crippen LogP) is 2.95. The second-order valence-corrected chi connectivity index (χ2v) is 2.93. The van der Waals surface area contributed by atoms with E-state index >= 15 is 0 Å². The molecule has 0 saturated carbocycles. The largest absolute Gasteiger partial charge is 0.379 e. The maximum Gasteiger partial charge on any atom is 0.149 e. The second-order valence-electron chi connectivity index (χ2n) is 2.93. The Morgan fingerprint density at radius 1 is 1.46 bits per heavy atom. The van der Waals surface area contributed by atoms with Gasteiger partial charge in [0.15, 0.2) is 0 Å². The molecule has 0 aliphatic carbocycles. The smallest absolute Gasteiger partial charge is 0.149 e. The van der Waals surface area contributed by atoms with Crippen LogP contribution in [0.4, 0.5) is 14.5 Å². The number of nitrogens with one attached hydrogen (secondary N) is 1. The molecule has 0 radical (unpaired) electrons. The number of hydrogen-bond acceptors (Lipinski definition) is 1. The van der Waals surface area contributed by atoms with Crippen LogP contribution < -0.4 is 5.32 Å². The van der Waals surface area contributed by atoms with Gasteiger partial charge in [0.25, 0.3) is 0 Å². The van der Waals surface area contributed by atoms with E-state index in [9.17, 15) is 8.78 Å². The zero-order valence-corrected chi connectivity index (χ0v) is 7.40. The first kappa shape index (κ1) is 9.71. The average Bonchev–Trinajstić information content (AvgIpc) is 2.02. The third-order valence-electron chi connectivity index (χ3n) is 1.51. The molecule has 0 aliphatic rings. The molecule has 1 rings (SSSR count). The van der Waals surface area contributed by atoms with Gasteiger partial charge < -0.3 is 5.32 Å². The quantitative estimate of drug-likeness (QED) is 0.710. The van der Waals surface area contributed by atoms with Crippen molar-refractivity contribution in [2.45, 2.75) is 6.92 Å². The zero-order chi connectivity index (χ0) is 9.84. The summed E-state index contributed by atoms with van der Waals surface area (Å²) in [6, 6.07) is 3.43. The van der Waals surface area contributed by atoms with Gasteiger partial charge in [-0.3, -0.25) is 0 Å². The molecule has 0 amide bonds. The first-order valence-corrected chi connectivity index (χ1v) is 3.93. The third kappa shape index (κ3) is 2.86. The number of anilines is 1. The van der Waals surface area contributed by atoms with Crippen LogP contribution in [0, 0.1) is 11.6 Å². The highest BCUT2D eigenvalue weighted by molar-refractivity contribution is 5.45. The lowest BCUT2D eigenvalue weighted by molar-refractivity contribution is 0.585. The summed E-state index contributed by atoms with van der Waals surface area (Å²) in [5.41, 5.74) is 1.19. The van der Waals surface area contributed by atoms with E-state index in [4.69, 9.17) is 0 Å². The van der Waals surface area contributed by atoms with Crippen molar-refractivity contribution >= 4 is 5.69 Å². The van der Waals surface area contributed by atoms with E-state index in [-0.39, 0.29) is 0 Å². The molecule has 70 valence electrons. The molecular weight excluding hydrogens is 172 g/mol. The number of halogens is 2. The van der Waals surface area contributed by atoms with E-state index in [0.29, 0.717) is 12.2 Å². The molecule has 0 heterocycles. The number of hydrogen-bond donors (Lipinski definition) is 1. The Hall–Kier alpha value is -1.38. The van der Waals surface area contributed by atoms with Crippen LogP contribution >= 0.6 is 0 Å². The van der Waals surface area contributed by atoms with E-state index in [1.54, 1.807) is 0 Å². The number of benzene rings is 1. The van der Waals surface area contributed by atoms with Gasteiger partial charge in [-0.1, -0.05) is 12.2 Å². The minimum absolute atomic E-state index is 0.296. The molecule has 0 aliphatic heterocycles. The Kier molecular flexibility index (Phi) is 3.01. The Morgan fingerprint density at radius 3 is 2.69 bits per heavy atom. The van der Waals surface area contributed by atoms with Crippen LogP contribution in [0.1, 0.15) is 6.92 Å². The standard InChI is InChI=1S/C10H11F2N/c1-7(2)6-13-10-4-3-8(11)5-9(10)12/h3-5,13H,1,6H2,2H3. The summed E-state index contributed by atoms with van der Waals surface area (Å²) in [6.45, 7) is 5.97. The summed E-state index contributed by atoms with van der Waals surface area (Å²) in [5, 5.41) is 2.80. The molecule has 3 heteroatoms. The van der Waals surface area contributed by atoms with Crippen molar-refractivity contribution in [1.82, 2.24) is 0 Å². The van der Waals surface area contributed by atoms with Crippen LogP contribution in [0.25, 0.3) is 0 Å². The van der Waals surface area contributed by atoms with Gasteiger partial charge in [0.2, 0.25) is 0 Å². The molecule has 1 nitrogen and oxygen atoms in total. The predicted molar refractivity (Wildman–Crippen MR) is 49.7 cm³/mol. The first-order valence-electron chi connectivity index (χ1n) is 3.93. The van der Waals surface area contributed by atoms with Crippen molar-refractivity contribution < 1.29 is 8.78 Å². The lowest BCUT2D eigenvalue weighted by Gasteiger charge is -2.06. The summed E-state index contributed by atoms with van der Waals surface area (Å²) >= 11 is 0. The van der Waals surface area contributed by atoms with Crippen molar-refractivity contribution in [3.63, 3.8) is 0 Å². The first-order chi connectivity index (χ1) is 6.09. The SMILES string of the molecule is C=C(C)CNc1ccc(F)cc1F. The Labute approximate surface area is 76.1 Å². The molecule has 0 fully saturated rings. The van der Waals surface area contributed by atoms with Crippen molar-refractivity contribution in [2.75, 3.05) is 11.9 Å². The minimum atomic E-state index is -0.582. The van der Waals surface area contributed by atoms with Crippen LogP contribution in [0.5, 0.6) is 0 Å². The highest BCUT2D eigenvalue weighted by Crippen LogP contribution is 2.14. The number of rotatable bonds is 3. The lowest BCUT2D eigenvalue weighted by atomic mass is 10.2. The van der Waals surface area contributed by atoms with Crippen LogP contribution in [-0.4, -0.2) is 6.54 Å². The zero-order valence-electron chi connectivity index (χ0n) is 7.40. The van der Waals surface area contributed by atoms with Crippen molar-refractivity contribution in [2.24, 2.45) is 0 Å². The fourth-order valence-electron chi connectivity index (χ4n) is 0.879. The minimum Gasteiger partial charge on any atom is -0.379 e. The average molecular weight is 183 g/mol. The van der Waals surface area contributed by atoms with Crippen LogP contribution in [-0.2, 0) is 0 Å².